The highest BCUT2D eigenvalue weighted by Gasteiger charge is 2.33. The Bertz CT molecular complexity index is 2440. The smallest absolute Gasteiger partial charge is 0.136 e. The van der Waals surface area contributed by atoms with Crippen molar-refractivity contribution in [3.8, 4) is 0 Å². The van der Waals surface area contributed by atoms with E-state index in [1.54, 1.807) is 0 Å². The number of hydrogen-bond acceptors (Lipinski definition) is 2. The third-order valence-corrected chi connectivity index (χ3v) is 11.2. The fourth-order valence-corrected chi connectivity index (χ4v) is 9.34. The third-order valence-electron chi connectivity index (χ3n) is 9.92. The molecule has 0 fully saturated rings. The zero-order valence-electron chi connectivity index (χ0n) is 24.1. The molecule has 0 saturated heterocycles. The monoisotopic (exact) mass is 580 g/mol. The van der Waals surface area contributed by atoms with E-state index in [2.05, 4.69) is 121 Å². The predicted octanol–water partition coefficient (Wildman–Crippen LogP) is 12.3. The van der Waals surface area contributed by atoms with Crippen molar-refractivity contribution in [2.75, 3.05) is 0 Å². The number of rotatable bonds is 2. The molecule has 7 aromatic rings. The van der Waals surface area contributed by atoms with Crippen molar-refractivity contribution < 1.29 is 4.42 Å². The van der Waals surface area contributed by atoms with Crippen molar-refractivity contribution in [2.24, 2.45) is 0 Å². The van der Waals surface area contributed by atoms with Crippen LogP contribution in [0.4, 0.5) is 0 Å². The molecule has 2 heterocycles. The van der Waals surface area contributed by atoms with Crippen LogP contribution in [0.2, 0.25) is 0 Å². The largest absolute Gasteiger partial charge is 0.456 e. The Kier molecular flexibility index (Phi) is 5.24. The van der Waals surface area contributed by atoms with Crippen molar-refractivity contribution in [2.45, 2.75) is 30.1 Å². The quantitative estimate of drug-likeness (QED) is 0.189. The van der Waals surface area contributed by atoms with Crippen LogP contribution in [0.5, 0.6) is 0 Å². The van der Waals surface area contributed by atoms with Crippen molar-refractivity contribution in [3.05, 3.63) is 149 Å². The van der Waals surface area contributed by atoms with Crippen LogP contribution in [0.3, 0.4) is 0 Å². The van der Waals surface area contributed by atoms with Crippen molar-refractivity contribution in [1.29, 1.82) is 0 Å². The molecule has 1 atom stereocenters. The summed E-state index contributed by atoms with van der Waals surface area (Å²) < 4.78 is 6.22. The average Bonchev–Trinajstić information content (AvgIpc) is 3.66. The molecule has 1 aliphatic heterocycles. The van der Waals surface area contributed by atoms with Crippen molar-refractivity contribution in [3.63, 3.8) is 0 Å². The number of thioether (sulfide) groups is 1. The van der Waals surface area contributed by atoms with E-state index in [0.717, 1.165) is 30.4 Å². The predicted molar refractivity (Wildman–Crippen MR) is 188 cm³/mol. The molecule has 44 heavy (non-hydrogen) atoms. The van der Waals surface area contributed by atoms with Gasteiger partial charge in [0.25, 0.3) is 0 Å². The van der Waals surface area contributed by atoms with Gasteiger partial charge in [-0.05, 0) is 103 Å². The molecular formula is C42H28OS. The van der Waals surface area contributed by atoms with Gasteiger partial charge in [0, 0.05) is 21.6 Å². The Hall–Kier alpha value is -4.79. The van der Waals surface area contributed by atoms with Gasteiger partial charge in [-0.2, -0.15) is 0 Å². The summed E-state index contributed by atoms with van der Waals surface area (Å²) >= 11 is 1.96. The second kappa shape index (κ2) is 9.35. The molecule has 3 aliphatic rings. The topological polar surface area (TPSA) is 13.1 Å². The zero-order valence-corrected chi connectivity index (χ0v) is 25.0. The molecule has 0 saturated carbocycles. The fourth-order valence-electron chi connectivity index (χ4n) is 8.00. The van der Waals surface area contributed by atoms with E-state index in [1.165, 1.54) is 80.7 Å². The van der Waals surface area contributed by atoms with Gasteiger partial charge in [-0.25, -0.2) is 0 Å². The molecule has 6 aromatic carbocycles. The lowest BCUT2D eigenvalue weighted by Crippen LogP contribution is -2.04. The van der Waals surface area contributed by atoms with Gasteiger partial charge in [0.05, 0.1) is 0 Å². The van der Waals surface area contributed by atoms with Crippen LogP contribution in [0, 0.1) is 0 Å². The maximum Gasteiger partial charge on any atom is 0.136 e. The zero-order chi connectivity index (χ0) is 28.8. The molecule has 0 spiro atoms. The summed E-state index contributed by atoms with van der Waals surface area (Å²) in [6.07, 6.45) is 14.8. The first kappa shape index (κ1) is 24.6. The Morgan fingerprint density at radius 1 is 0.568 bits per heavy atom. The van der Waals surface area contributed by atoms with Crippen LogP contribution >= 0.6 is 11.8 Å². The van der Waals surface area contributed by atoms with Crippen molar-refractivity contribution >= 4 is 77.2 Å². The fraction of sp³-hybridized carbons (Fsp3) is 0.0952. The highest BCUT2D eigenvalue weighted by atomic mass is 32.2. The van der Waals surface area contributed by atoms with Gasteiger partial charge in [-0.1, -0.05) is 121 Å². The SMILES string of the molecule is C1=CCCC(c2c3ccccc3c(C3=CC=C4Sc5c(ccc6c5ccc5oc7ccccc7c56)C4C3)c3ccccc23)=C1. The van der Waals surface area contributed by atoms with Gasteiger partial charge in [-0.15, -0.1) is 0 Å². The lowest BCUT2D eigenvalue weighted by atomic mass is 9.79. The van der Waals surface area contributed by atoms with Crippen LogP contribution in [0.25, 0.3) is 65.4 Å². The van der Waals surface area contributed by atoms with Crippen LogP contribution in [-0.4, -0.2) is 0 Å². The van der Waals surface area contributed by atoms with Crippen molar-refractivity contribution in [1.82, 2.24) is 0 Å². The normalized spacial score (nSPS) is 17.7. The van der Waals surface area contributed by atoms with Crippen LogP contribution in [0.1, 0.15) is 41.9 Å². The highest BCUT2D eigenvalue weighted by molar-refractivity contribution is 8.03. The van der Waals surface area contributed by atoms with Crippen LogP contribution < -0.4 is 0 Å². The highest BCUT2D eigenvalue weighted by Crippen LogP contribution is 2.57. The molecule has 0 N–H and O–H groups in total. The Morgan fingerprint density at radius 3 is 1.98 bits per heavy atom. The molecule has 1 unspecified atom stereocenters. The van der Waals surface area contributed by atoms with E-state index in [0.29, 0.717) is 5.92 Å². The van der Waals surface area contributed by atoms with E-state index in [1.807, 2.05) is 17.8 Å². The summed E-state index contributed by atoms with van der Waals surface area (Å²) in [6, 6.07) is 35.7. The van der Waals surface area contributed by atoms with E-state index >= 15 is 0 Å². The van der Waals surface area contributed by atoms with Crippen LogP contribution in [-0.2, 0) is 0 Å². The van der Waals surface area contributed by atoms with Gasteiger partial charge in [0.15, 0.2) is 0 Å². The summed E-state index contributed by atoms with van der Waals surface area (Å²) in [5.41, 5.74) is 9.05. The minimum atomic E-state index is 0.375. The summed E-state index contributed by atoms with van der Waals surface area (Å²) in [4.78, 5) is 2.86. The second-order valence-corrected chi connectivity index (χ2v) is 13.3. The van der Waals surface area contributed by atoms with E-state index in [-0.39, 0.29) is 0 Å². The van der Waals surface area contributed by atoms with E-state index in [4.69, 9.17) is 4.42 Å². The minimum Gasteiger partial charge on any atom is -0.456 e. The molecule has 0 amide bonds. The number of furan rings is 1. The summed E-state index contributed by atoms with van der Waals surface area (Å²) in [6.45, 7) is 0. The number of allylic oxidation sites excluding steroid dienone is 8. The minimum absolute atomic E-state index is 0.375. The Morgan fingerprint density at radius 2 is 1.25 bits per heavy atom. The summed E-state index contributed by atoms with van der Waals surface area (Å²) in [7, 11) is 0. The number of para-hydroxylation sites is 1. The van der Waals surface area contributed by atoms with Crippen LogP contribution in [0.15, 0.2) is 142 Å². The summed E-state index contributed by atoms with van der Waals surface area (Å²) in [5, 5.41) is 10.5. The maximum absolute atomic E-state index is 6.22. The molecule has 2 aliphatic carbocycles. The van der Waals surface area contributed by atoms with Gasteiger partial charge >= 0.3 is 0 Å². The van der Waals surface area contributed by atoms with E-state index < -0.39 is 0 Å². The first-order chi connectivity index (χ1) is 21.8. The van der Waals surface area contributed by atoms with Gasteiger partial charge < -0.3 is 4.42 Å². The first-order valence-corrected chi connectivity index (χ1v) is 16.4. The Labute approximate surface area is 259 Å². The lowest BCUT2D eigenvalue weighted by Gasteiger charge is -2.24. The van der Waals surface area contributed by atoms with E-state index in [9.17, 15) is 0 Å². The number of benzene rings is 6. The van der Waals surface area contributed by atoms with Gasteiger partial charge in [-0.3, -0.25) is 0 Å². The number of fused-ring (bicyclic) bond motifs is 11. The number of hydrogen-bond donors (Lipinski definition) is 0. The molecule has 10 rings (SSSR count). The molecule has 0 bridgehead atoms. The molecular weight excluding hydrogens is 553 g/mol. The third kappa shape index (κ3) is 3.43. The maximum atomic E-state index is 6.22. The lowest BCUT2D eigenvalue weighted by molar-refractivity contribution is 0.669. The first-order valence-electron chi connectivity index (χ1n) is 15.6. The molecule has 2 heteroatoms. The Balaban J connectivity index is 1.14. The molecule has 1 nitrogen and oxygen atoms in total. The average molecular weight is 581 g/mol. The molecule has 1 aromatic heterocycles. The second-order valence-electron chi connectivity index (χ2n) is 12.2. The molecule has 208 valence electrons. The van der Waals surface area contributed by atoms with Gasteiger partial charge in [0.2, 0.25) is 0 Å². The molecule has 0 radical (unpaired) electrons. The summed E-state index contributed by atoms with van der Waals surface area (Å²) in [5.74, 6) is 0.375. The standard InChI is InChI=1S/C42H28OS/c1-2-10-25(11-3-1)39-27-12-4-6-14-29(27)40(30-15-7-5-13-28(30)39)26-18-23-38-35(24-26)33-20-19-31-32(42(33)44-38)21-22-37-41(31)34-16-8-9-17-36(34)43-37/h1-2,4-10,12-23,35H,3,11,24H2. The van der Waals surface area contributed by atoms with Gasteiger partial charge in [0.1, 0.15) is 11.2 Å².